The molecule has 1 aliphatic heterocycles. The first-order chi connectivity index (χ1) is 9.51. The molecule has 2 rings (SSSR count). The molecule has 0 radical (unpaired) electrons. The van der Waals surface area contributed by atoms with Gasteiger partial charge in [-0.05, 0) is 20.8 Å². The Kier molecular flexibility index (Phi) is 7.11. The maximum absolute atomic E-state index is 9.60. The summed E-state index contributed by atoms with van der Waals surface area (Å²) in [7, 11) is 0. The van der Waals surface area contributed by atoms with Crippen LogP contribution in [0.2, 0.25) is 0 Å². The van der Waals surface area contributed by atoms with Crippen molar-refractivity contribution in [1.29, 1.82) is 0 Å². The molecule has 1 saturated heterocycles. The van der Waals surface area contributed by atoms with E-state index in [1.165, 1.54) is 0 Å². The smallest absolute Gasteiger partial charge is 0.293 e. The summed E-state index contributed by atoms with van der Waals surface area (Å²) in [5, 5.41) is 3.32. The van der Waals surface area contributed by atoms with E-state index in [9.17, 15) is 4.79 Å². The minimum atomic E-state index is -0.318. The standard InChI is InChI=1S/C9H14N4.C5H10O2/c1-2-12-9(7-11-1)8-13-5-3-10-4-6-13;1-5(2,3)7-4-6/h1-2,7,10H,3-6,8H2;4H,1-3H3. The van der Waals surface area contributed by atoms with Crippen LogP contribution < -0.4 is 5.32 Å². The van der Waals surface area contributed by atoms with Gasteiger partial charge >= 0.3 is 0 Å². The topological polar surface area (TPSA) is 67.3 Å². The summed E-state index contributed by atoms with van der Waals surface area (Å²) in [4.78, 5) is 20.3. The van der Waals surface area contributed by atoms with Crippen LogP contribution in [0.3, 0.4) is 0 Å². The van der Waals surface area contributed by atoms with Crippen LogP contribution in [0.15, 0.2) is 18.6 Å². The maximum atomic E-state index is 9.60. The van der Waals surface area contributed by atoms with Crippen LogP contribution in [0.1, 0.15) is 26.5 Å². The zero-order valence-corrected chi connectivity index (χ0v) is 12.5. The normalized spacial score (nSPS) is 15.9. The molecule has 0 aromatic carbocycles. The van der Waals surface area contributed by atoms with Crippen molar-refractivity contribution in [3.63, 3.8) is 0 Å². The van der Waals surface area contributed by atoms with E-state index in [0.717, 1.165) is 38.4 Å². The van der Waals surface area contributed by atoms with Crippen LogP contribution in [0.5, 0.6) is 0 Å². The van der Waals surface area contributed by atoms with Gasteiger partial charge in [0.05, 0.1) is 5.69 Å². The summed E-state index contributed by atoms with van der Waals surface area (Å²) in [5.41, 5.74) is 0.742. The lowest BCUT2D eigenvalue weighted by Gasteiger charge is -2.26. The van der Waals surface area contributed by atoms with E-state index in [2.05, 4.69) is 24.9 Å². The molecule has 0 bridgehead atoms. The van der Waals surface area contributed by atoms with Gasteiger partial charge in [0.25, 0.3) is 6.47 Å². The Morgan fingerprint density at radius 3 is 2.50 bits per heavy atom. The fourth-order valence-corrected chi connectivity index (χ4v) is 1.65. The Morgan fingerprint density at radius 2 is 2.05 bits per heavy atom. The van der Waals surface area contributed by atoms with Gasteiger partial charge in [-0.2, -0.15) is 0 Å². The van der Waals surface area contributed by atoms with E-state index >= 15 is 0 Å². The highest BCUT2D eigenvalue weighted by molar-refractivity contribution is 5.37. The van der Waals surface area contributed by atoms with E-state index < -0.39 is 0 Å². The van der Waals surface area contributed by atoms with Crippen molar-refractivity contribution < 1.29 is 9.53 Å². The number of nitrogens with zero attached hydrogens (tertiary/aromatic N) is 3. The van der Waals surface area contributed by atoms with Crippen molar-refractivity contribution in [2.75, 3.05) is 26.2 Å². The Morgan fingerprint density at radius 1 is 1.35 bits per heavy atom. The lowest BCUT2D eigenvalue weighted by molar-refractivity contribution is -0.138. The summed E-state index contributed by atoms with van der Waals surface area (Å²) in [6, 6.07) is 0. The van der Waals surface area contributed by atoms with Crippen molar-refractivity contribution >= 4 is 6.47 Å². The SMILES string of the molecule is CC(C)(C)OC=O.c1cnc(CN2CCNCC2)cn1. The average molecular weight is 280 g/mol. The van der Waals surface area contributed by atoms with E-state index in [4.69, 9.17) is 0 Å². The zero-order valence-electron chi connectivity index (χ0n) is 12.5. The molecule has 1 fully saturated rings. The van der Waals surface area contributed by atoms with E-state index in [1.807, 2.05) is 27.0 Å². The van der Waals surface area contributed by atoms with Crippen molar-refractivity contribution in [1.82, 2.24) is 20.2 Å². The number of nitrogens with one attached hydrogen (secondary N) is 1. The van der Waals surface area contributed by atoms with Crippen LogP contribution in [0.4, 0.5) is 0 Å². The molecule has 6 heteroatoms. The predicted molar refractivity (Wildman–Crippen MR) is 77.1 cm³/mol. The molecule has 0 spiro atoms. The maximum Gasteiger partial charge on any atom is 0.293 e. The van der Waals surface area contributed by atoms with Crippen LogP contribution in [0.25, 0.3) is 0 Å². The van der Waals surface area contributed by atoms with Gasteiger partial charge in [-0.1, -0.05) is 0 Å². The second-order valence-electron chi connectivity index (χ2n) is 5.55. The number of hydrogen-bond acceptors (Lipinski definition) is 6. The number of rotatable bonds is 3. The molecule has 2 heterocycles. The third-order valence-corrected chi connectivity index (χ3v) is 2.61. The number of hydrogen-bond donors (Lipinski definition) is 1. The van der Waals surface area contributed by atoms with Crippen LogP contribution >= 0.6 is 0 Å². The van der Waals surface area contributed by atoms with Gasteiger partial charge in [0.2, 0.25) is 0 Å². The molecule has 6 nitrogen and oxygen atoms in total. The fraction of sp³-hybridized carbons (Fsp3) is 0.643. The molecule has 0 amide bonds. The van der Waals surface area contributed by atoms with E-state index in [1.54, 1.807) is 12.4 Å². The number of piperazine rings is 1. The minimum Gasteiger partial charge on any atom is -0.462 e. The van der Waals surface area contributed by atoms with E-state index in [0.29, 0.717) is 6.47 Å². The molecule has 0 atom stereocenters. The van der Waals surface area contributed by atoms with Gasteiger partial charge in [-0.3, -0.25) is 19.7 Å². The molecular formula is C14H24N4O2. The van der Waals surface area contributed by atoms with Crippen molar-refractivity contribution in [3.05, 3.63) is 24.3 Å². The van der Waals surface area contributed by atoms with Crippen molar-refractivity contribution in [3.8, 4) is 0 Å². The molecule has 1 aromatic rings. The third kappa shape index (κ3) is 7.81. The van der Waals surface area contributed by atoms with Gasteiger partial charge in [0.1, 0.15) is 5.60 Å². The number of aromatic nitrogens is 2. The lowest BCUT2D eigenvalue weighted by atomic mass is 10.2. The monoisotopic (exact) mass is 280 g/mol. The molecular weight excluding hydrogens is 256 g/mol. The molecule has 20 heavy (non-hydrogen) atoms. The zero-order chi connectivity index (χ0) is 14.8. The first-order valence-electron chi connectivity index (χ1n) is 6.81. The van der Waals surface area contributed by atoms with Crippen molar-refractivity contribution in [2.24, 2.45) is 0 Å². The van der Waals surface area contributed by atoms with Gasteiger partial charge in [0, 0.05) is 51.3 Å². The summed E-state index contributed by atoms with van der Waals surface area (Å²) in [5.74, 6) is 0. The molecule has 1 aliphatic rings. The number of carbonyl (C=O) groups excluding carboxylic acids is 1. The lowest BCUT2D eigenvalue weighted by Crippen LogP contribution is -2.43. The van der Waals surface area contributed by atoms with Crippen LogP contribution in [0, 0.1) is 0 Å². The van der Waals surface area contributed by atoms with Gasteiger partial charge in [0.15, 0.2) is 0 Å². The number of carbonyl (C=O) groups is 1. The average Bonchev–Trinajstić information content (AvgIpc) is 2.40. The second-order valence-corrected chi connectivity index (χ2v) is 5.55. The second kappa shape index (κ2) is 8.60. The Balaban J connectivity index is 0.000000246. The Bertz CT molecular complexity index is 373. The van der Waals surface area contributed by atoms with Crippen molar-refractivity contribution in [2.45, 2.75) is 32.9 Å². The summed E-state index contributed by atoms with van der Waals surface area (Å²) >= 11 is 0. The quantitative estimate of drug-likeness (QED) is 0.828. The van der Waals surface area contributed by atoms with Crippen LogP contribution in [-0.4, -0.2) is 53.1 Å². The highest BCUT2D eigenvalue weighted by atomic mass is 16.5. The first-order valence-corrected chi connectivity index (χ1v) is 6.81. The van der Waals surface area contributed by atoms with Crippen LogP contribution in [-0.2, 0) is 16.1 Å². The molecule has 112 valence electrons. The highest BCUT2D eigenvalue weighted by Crippen LogP contribution is 2.02. The fourth-order valence-electron chi connectivity index (χ4n) is 1.65. The third-order valence-electron chi connectivity index (χ3n) is 2.61. The Labute approximate surface area is 120 Å². The minimum absolute atomic E-state index is 0.318. The van der Waals surface area contributed by atoms with Gasteiger partial charge in [-0.25, -0.2) is 0 Å². The number of ether oxygens (including phenoxy) is 1. The molecule has 1 aromatic heterocycles. The molecule has 1 N–H and O–H groups in total. The summed E-state index contributed by atoms with van der Waals surface area (Å²) in [6.07, 6.45) is 5.29. The molecule has 0 aliphatic carbocycles. The Hall–Kier alpha value is -1.53. The largest absolute Gasteiger partial charge is 0.462 e. The predicted octanol–water partition coefficient (Wildman–Crippen LogP) is 0.840. The highest BCUT2D eigenvalue weighted by Gasteiger charge is 2.09. The van der Waals surface area contributed by atoms with Gasteiger partial charge in [-0.15, -0.1) is 0 Å². The van der Waals surface area contributed by atoms with Gasteiger partial charge < -0.3 is 10.1 Å². The summed E-state index contributed by atoms with van der Waals surface area (Å²) < 4.78 is 4.55. The molecule has 0 unspecified atom stereocenters. The first kappa shape index (κ1) is 16.5. The summed E-state index contributed by atoms with van der Waals surface area (Å²) in [6.45, 7) is 11.2. The molecule has 0 saturated carbocycles. The van der Waals surface area contributed by atoms with E-state index in [-0.39, 0.29) is 5.60 Å².